The second-order valence-electron chi connectivity index (χ2n) is 4.42. The first-order valence-electron chi connectivity index (χ1n) is 5.82. The van der Waals surface area contributed by atoms with E-state index >= 15 is 0 Å². The third-order valence-corrected chi connectivity index (χ3v) is 3.77. The standard InChI is InChI=1S/C13H16N2O2S/c1-8(5-6-18-2)15-12(16)10-4-3-9(14)7-11(10)13(15)17/h3-4,7-8H,5-6,14H2,1-2H3. The van der Waals surface area contributed by atoms with Crippen molar-refractivity contribution < 1.29 is 9.59 Å². The van der Waals surface area contributed by atoms with Crippen molar-refractivity contribution in [2.75, 3.05) is 17.7 Å². The van der Waals surface area contributed by atoms with Gasteiger partial charge in [0.1, 0.15) is 0 Å². The summed E-state index contributed by atoms with van der Waals surface area (Å²) in [5, 5.41) is 0. The number of benzene rings is 1. The minimum atomic E-state index is -0.226. The van der Waals surface area contributed by atoms with Gasteiger partial charge in [-0.05, 0) is 43.6 Å². The molecule has 5 heteroatoms. The number of hydrogen-bond donors (Lipinski definition) is 1. The number of amides is 2. The summed E-state index contributed by atoms with van der Waals surface area (Å²) in [6, 6.07) is 4.79. The average Bonchev–Trinajstić information content (AvgIpc) is 2.59. The summed E-state index contributed by atoms with van der Waals surface area (Å²) < 4.78 is 0. The predicted molar refractivity (Wildman–Crippen MR) is 73.8 cm³/mol. The molecule has 2 rings (SSSR count). The second-order valence-corrected chi connectivity index (χ2v) is 5.40. The SMILES string of the molecule is CSCCC(C)N1C(=O)c2ccc(N)cc2C1=O. The predicted octanol–water partition coefficient (Wildman–Crippen LogP) is 2.01. The summed E-state index contributed by atoms with van der Waals surface area (Å²) in [7, 11) is 0. The van der Waals surface area contributed by atoms with Crippen LogP contribution < -0.4 is 5.73 Å². The lowest BCUT2D eigenvalue weighted by atomic mass is 10.1. The summed E-state index contributed by atoms with van der Waals surface area (Å²) in [6.07, 6.45) is 2.82. The van der Waals surface area contributed by atoms with Gasteiger partial charge < -0.3 is 5.73 Å². The molecule has 1 aromatic carbocycles. The highest BCUT2D eigenvalue weighted by Gasteiger charge is 2.38. The molecule has 2 N–H and O–H groups in total. The minimum Gasteiger partial charge on any atom is -0.399 e. The Kier molecular flexibility index (Phi) is 3.61. The smallest absolute Gasteiger partial charge is 0.261 e. The Bertz CT molecular complexity index is 502. The molecule has 0 radical (unpaired) electrons. The fraction of sp³-hybridized carbons (Fsp3) is 0.385. The van der Waals surface area contributed by atoms with E-state index in [9.17, 15) is 9.59 Å². The van der Waals surface area contributed by atoms with Crippen molar-refractivity contribution in [3.63, 3.8) is 0 Å². The largest absolute Gasteiger partial charge is 0.399 e. The zero-order chi connectivity index (χ0) is 13.3. The number of thioether (sulfide) groups is 1. The Morgan fingerprint density at radius 3 is 2.61 bits per heavy atom. The number of nitrogens with zero attached hydrogens (tertiary/aromatic N) is 1. The van der Waals surface area contributed by atoms with Crippen molar-refractivity contribution in [3.8, 4) is 0 Å². The molecule has 0 fully saturated rings. The van der Waals surface area contributed by atoms with Gasteiger partial charge in [-0.25, -0.2) is 0 Å². The number of nitrogens with two attached hydrogens (primary N) is 1. The highest BCUT2D eigenvalue weighted by atomic mass is 32.2. The van der Waals surface area contributed by atoms with Crippen molar-refractivity contribution >= 4 is 29.3 Å². The molecule has 0 bridgehead atoms. The van der Waals surface area contributed by atoms with Gasteiger partial charge in [0.2, 0.25) is 0 Å². The lowest BCUT2D eigenvalue weighted by Crippen LogP contribution is -2.38. The van der Waals surface area contributed by atoms with E-state index in [1.165, 1.54) is 4.90 Å². The van der Waals surface area contributed by atoms with Crippen molar-refractivity contribution in [2.45, 2.75) is 19.4 Å². The van der Waals surface area contributed by atoms with E-state index in [-0.39, 0.29) is 17.9 Å². The van der Waals surface area contributed by atoms with Crippen LogP contribution in [0, 0.1) is 0 Å². The van der Waals surface area contributed by atoms with Crippen LogP contribution in [0.5, 0.6) is 0 Å². The molecule has 96 valence electrons. The molecule has 0 saturated carbocycles. The van der Waals surface area contributed by atoms with Crippen LogP contribution in [0.3, 0.4) is 0 Å². The minimum absolute atomic E-state index is 0.0777. The highest BCUT2D eigenvalue weighted by molar-refractivity contribution is 7.98. The van der Waals surface area contributed by atoms with Gasteiger partial charge in [-0.3, -0.25) is 14.5 Å². The molecule has 1 aliphatic rings. The van der Waals surface area contributed by atoms with Gasteiger partial charge in [-0.15, -0.1) is 0 Å². The maximum Gasteiger partial charge on any atom is 0.261 e. The lowest BCUT2D eigenvalue weighted by Gasteiger charge is -2.21. The van der Waals surface area contributed by atoms with Crippen LogP contribution in [0.25, 0.3) is 0 Å². The molecule has 0 saturated heterocycles. The lowest BCUT2D eigenvalue weighted by molar-refractivity contribution is 0.0594. The molecule has 4 nitrogen and oxygen atoms in total. The van der Waals surface area contributed by atoms with Crippen molar-refractivity contribution in [1.82, 2.24) is 4.90 Å². The van der Waals surface area contributed by atoms with Crippen LogP contribution >= 0.6 is 11.8 Å². The van der Waals surface area contributed by atoms with Gasteiger partial charge in [-0.1, -0.05) is 0 Å². The van der Waals surface area contributed by atoms with Crippen LogP contribution in [0.2, 0.25) is 0 Å². The van der Waals surface area contributed by atoms with Gasteiger partial charge in [0, 0.05) is 11.7 Å². The first kappa shape index (κ1) is 13.0. The maximum atomic E-state index is 12.2. The summed E-state index contributed by atoms with van der Waals surface area (Å²) in [5.74, 6) is 0.496. The van der Waals surface area contributed by atoms with E-state index < -0.39 is 0 Å². The third kappa shape index (κ3) is 2.10. The van der Waals surface area contributed by atoms with Gasteiger partial charge in [0.15, 0.2) is 0 Å². The number of carbonyl (C=O) groups is 2. The number of hydrogen-bond acceptors (Lipinski definition) is 4. The molecule has 1 unspecified atom stereocenters. The first-order valence-corrected chi connectivity index (χ1v) is 7.22. The summed E-state index contributed by atoms with van der Waals surface area (Å²) in [4.78, 5) is 25.7. The number of fused-ring (bicyclic) bond motifs is 1. The molecule has 0 spiro atoms. The van der Waals surface area contributed by atoms with E-state index in [1.807, 2.05) is 13.2 Å². The van der Waals surface area contributed by atoms with Crippen molar-refractivity contribution in [3.05, 3.63) is 29.3 Å². The molecule has 0 aromatic heterocycles. The Morgan fingerprint density at radius 2 is 1.94 bits per heavy atom. The number of carbonyl (C=O) groups excluding carboxylic acids is 2. The number of nitrogen functional groups attached to an aromatic ring is 1. The molecule has 1 aromatic rings. The summed E-state index contributed by atoms with van der Waals surface area (Å²) >= 11 is 1.71. The number of rotatable bonds is 4. The zero-order valence-corrected chi connectivity index (χ0v) is 11.3. The number of anilines is 1. The van der Waals surface area contributed by atoms with E-state index in [2.05, 4.69) is 0 Å². The quantitative estimate of drug-likeness (QED) is 0.667. The molecular formula is C13H16N2O2S. The highest BCUT2D eigenvalue weighted by Crippen LogP contribution is 2.27. The Morgan fingerprint density at radius 1 is 1.28 bits per heavy atom. The monoisotopic (exact) mass is 264 g/mol. The average molecular weight is 264 g/mol. The topological polar surface area (TPSA) is 63.4 Å². The summed E-state index contributed by atoms with van der Waals surface area (Å²) in [5.41, 5.74) is 7.05. The van der Waals surface area contributed by atoms with Crippen LogP contribution in [-0.2, 0) is 0 Å². The normalized spacial score (nSPS) is 16.0. The van der Waals surface area contributed by atoms with Gasteiger partial charge in [0.25, 0.3) is 11.8 Å². The van der Waals surface area contributed by atoms with Crippen LogP contribution in [0.1, 0.15) is 34.1 Å². The molecule has 0 aliphatic carbocycles. The molecule has 18 heavy (non-hydrogen) atoms. The zero-order valence-electron chi connectivity index (χ0n) is 10.5. The molecule has 1 atom stereocenters. The molecular weight excluding hydrogens is 248 g/mol. The van der Waals surface area contributed by atoms with E-state index in [0.29, 0.717) is 16.8 Å². The van der Waals surface area contributed by atoms with Crippen molar-refractivity contribution in [2.24, 2.45) is 0 Å². The van der Waals surface area contributed by atoms with Crippen molar-refractivity contribution in [1.29, 1.82) is 0 Å². The van der Waals surface area contributed by atoms with Gasteiger partial charge in [-0.2, -0.15) is 11.8 Å². The molecule has 1 aliphatic heterocycles. The summed E-state index contributed by atoms with van der Waals surface area (Å²) in [6.45, 7) is 1.90. The van der Waals surface area contributed by atoms with Crippen LogP contribution in [-0.4, -0.2) is 34.8 Å². The van der Waals surface area contributed by atoms with Gasteiger partial charge in [0.05, 0.1) is 11.1 Å². The molecule has 1 heterocycles. The fourth-order valence-electron chi connectivity index (χ4n) is 2.09. The number of imide groups is 1. The first-order chi connectivity index (χ1) is 8.56. The van der Waals surface area contributed by atoms with Gasteiger partial charge >= 0.3 is 0 Å². The van der Waals surface area contributed by atoms with Crippen LogP contribution in [0.4, 0.5) is 5.69 Å². The maximum absolute atomic E-state index is 12.2. The Hall–Kier alpha value is -1.49. The van der Waals surface area contributed by atoms with E-state index in [0.717, 1.165) is 12.2 Å². The third-order valence-electron chi connectivity index (χ3n) is 3.12. The Labute approximate surface area is 111 Å². The fourth-order valence-corrected chi connectivity index (χ4v) is 2.67. The van der Waals surface area contributed by atoms with E-state index in [1.54, 1.807) is 30.0 Å². The van der Waals surface area contributed by atoms with Crippen LogP contribution in [0.15, 0.2) is 18.2 Å². The van der Waals surface area contributed by atoms with E-state index in [4.69, 9.17) is 5.73 Å². The second kappa shape index (κ2) is 5.02. The molecule has 2 amide bonds. The Balaban J connectivity index is 2.28.